The molecule has 0 unspecified atom stereocenters. The van der Waals surface area contributed by atoms with E-state index in [4.69, 9.17) is 0 Å². The summed E-state index contributed by atoms with van der Waals surface area (Å²) in [5.41, 5.74) is 0.299. The summed E-state index contributed by atoms with van der Waals surface area (Å²) in [5.74, 6) is -1.16. The minimum atomic E-state index is -0.296. The van der Waals surface area contributed by atoms with E-state index in [1.54, 1.807) is 0 Å². The quantitative estimate of drug-likeness (QED) is 0.469. The number of hydrogen-bond acceptors (Lipinski definition) is 5. The van der Waals surface area contributed by atoms with Crippen LogP contribution in [-0.4, -0.2) is 33.3 Å². The molecule has 1 aliphatic heterocycles. The first-order valence-electron chi connectivity index (χ1n) is 7.29. The first-order chi connectivity index (χ1) is 11.0. The summed E-state index contributed by atoms with van der Waals surface area (Å²) in [5, 5.41) is 24.2. The van der Waals surface area contributed by atoms with Gasteiger partial charge in [-0.2, -0.15) is 10.1 Å². The number of carbonyl (C=O) groups is 2. The van der Waals surface area contributed by atoms with Crippen molar-refractivity contribution >= 4 is 34.0 Å². The summed E-state index contributed by atoms with van der Waals surface area (Å²) in [6.45, 7) is 0. The van der Waals surface area contributed by atoms with Crippen molar-refractivity contribution in [1.29, 1.82) is 0 Å². The predicted octanol–water partition coefficient (Wildman–Crippen LogP) is 2.00. The lowest BCUT2D eigenvalue weighted by Gasteiger charge is -2.13. The lowest BCUT2D eigenvalue weighted by molar-refractivity contribution is -0.140. The Kier molecular flexibility index (Phi) is 3.09. The average Bonchev–Trinajstić information content (AvgIpc) is 3.17. The van der Waals surface area contributed by atoms with Crippen LogP contribution in [0, 0.1) is 23.7 Å². The number of amides is 2. The van der Waals surface area contributed by atoms with Crippen molar-refractivity contribution in [3.8, 4) is 11.5 Å². The molecule has 2 amide bonds. The Bertz CT molecular complexity index is 759. The Morgan fingerprint density at radius 1 is 1.09 bits per heavy atom. The first kappa shape index (κ1) is 14.4. The summed E-state index contributed by atoms with van der Waals surface area (Å²) in [7, 11) is 0. The standard InChI is InChI=1S/C16H13BrN2O4/c17-10-4-9(11(20)5-12(10)21)6-18-19-15(22)13-7-1-2-8(3-7)14(13)16(19)23/h1-2,4-8,13-14,20-21H,3H2/b18-6-/t7-,8-,13-,14+/m0/s1. The van der Waals surface area contributed by atoms with Crippen molar-refractivity contribution in [3.63, 3.8) is 0 Å². The summed E-state index contributed by atoms with van der Waals surface area (Å²) in [6, 6.07) is 2.63. The highest BCUT2D eigenvalue weighted by Crippen LogP contribution is 2.52. The molecule has 6 nitrogen and oxygen atoms in total. The molecule has 1 aromatic rings. The number of fused-ring (bicyclic) bond motifs is 5. The van der Waals surface area contributed by atoms with Crippen LogP contribution in [-0.2, 0) is 9.59 Å². The van der Waals surface area contributed by atoms with E-state index in [0.717, 1.165) is 17.5 Å². The van der Waals surface area contributed by atoms with Crippen LogP contribution in [0.1, 0.15) is 12.0 Å². The zero-order valence-corrected chi connectivity index (χ0v) is 13.5. The fourth-order valence-electron chi connectivity index (χ4n) is 3.79. The maximum absolute atomic E-state index is 12.5. The molecule has 0 aromatic heterocycles. The van der Waals surface area contributed by atoms with Gasteiger partial charge in [-0.15, -0.1) is 0 Å². The zero-order valence-electron chi connectivity index (χ0n) is 11.9. The van der Waals surface area contributed by atoms with E-state index in [-0.39, 0.29) is 47.0 Å². The molecule has 0 spiro atoms. The molecule has 0 radical (unpaired) electrons. The van der Waals surface area contributed by atoms with E-state index in [2.05, 4.69) is 21.0 Å². The van der Waals surface area contributed by atoms with E-state index < -0.39 is 0 Å². The van der Waals surface area contributed by atoms with Crippen LogP contribution in [0.15, 0.2) is 33.9 Å². The Morgan fingerprint density at radius 3 is 2.30 bits per heavy atom. The predicted molar refractivity (Wildman–Crippen MR) is 84.6 cm³/mol. The van der Waals surface area contributed by atoms with E-state index in [0.29, 0.717) is 10.0 Å². The van der Waals surface area contributed by atoms with E-state index in [1.807, 2.05) is 12.2 Å². The number of phenols is 2. The number of carbonyl (C=O) groups excluding carboxylic acids is 2. The van der Waals surface area contributed by atoms with Gasteiger partial charge in [-0.3, -0.25) is 9.59 Å². The topological polar surface area (TPSA) is 90.2 Å². The van der Waals surface area contributed by atoms with Crippen LogP contribution in [0.25, 0.3) is 0 Å². The highest BCUT2D eigenvalue weighted by molar-refractivity contribution is 9.10. The smallest absolute Gasteiger partial charge is 0.254 e. The second kappa shape index (κ2) is 4.92. The molecule has 7 heteroatoms. The third kappa shape index (κ3) is 2.03. The van der Waals surface area contributed by atoms with Gasteiger partial charge in [-0.25, -0.2) is 0 Å². The van der Waals surface area contributed by atoms with Gasteiger partial charge in [0, 0.05) is 11.6 Å². The monoisotopic (exact) mass is 376 g/mol. The highest BCUT2D eigenvalue weighted by Gasteiger charge is 2.59. The van der Waals surface area contributed by atoms with Gasteiger partial charge in [0.15, 0.2) is 0 Å². The first-order valence-corrected chi connectivity index (χ1v) is 8.08. The van der Waals surface area contributed by atoms with Crippen LogP contribution < -0.4 is 0 Å². The molecule has 1 saturated heterocycles. The molecule has 1 heterocycles. The molecular formula is C16H13BrN2O4. The van der Waals surface area contributed by atoms with Crippen molar-refractivity contribution in [2.24, 2.45) is 28.8 Å². The van der Waals surface area contributed by atoms with Gasteiger partial charge >= 0.3 is 0 Å². The number of allylic oxidation sites excluding steroid dienone is 2. The molecule has 118 valence electrons. The molecule has 4 rings (SSSR count). The molecule has 2 fully saturated rings. The average molecular weight is 377 g/mol. The molecule has 3 aliphatic rings. The highest BCUT2D eigenvalue weighted by atomic mass is 79.9. The van der Waals surface area contributed by atoms with E-state index in [1.165, 1.54) is 12.3 Å². The number of benzene rings is 1. The lowest BCUT2D eigenvalue weighted by Crippen LogP contribution is -2.28. The molecule has 2 aliphatic carbocycles. The van der Waals surface area contributed by atoms with Crippen molar-refractivity contribution < 1.29 is 19.8 Å². The number of halogens is 1. The van der Waals surface area contributed by atoms with Crippen LogP contribution in [0.3, 0.4) is 0 Å². The molecule has 2 bridgehead atoms. The van der Waals surface area contributed by atoms with E-state index in [9.17, 15) is 19.8 Å². The number of phenolic OH excluding ortho intramolecular Hbond substituents is 2. The number of rotatable bonds is 2. The third-order valence-electron chi connectivity index (χ3n) is 4.86. The molecule has 1 aromatic carbocycles. The second-order valence-electron chi connectivity index (χ2n) is 6.10. The Hall–Kier alpha value is -2.15. The lowest BCUT2D eigenvalue weighted by atomic mass is 9.85. The van der Waals surface area contributed by atoms with Gasteiger partial charge in [0.05, 0.1) is 22.5 Å². The van der Waals surface area contributed by atoms with Crippen molar-refractivity contribution in [3.05, 3.63) is 34.3 Å². The van der Waals surface area contributed by atoms with Crippen LogP contribution in [0.4, 0.5) is 0 Å². The van der Waals surface area contributed by atoms with Crippen LogP contribution in [0.2, 0.25) is 0 Å². The molecule has 4 atom stereocenters. The number of hydrazone groups is 1. The number of aromatic hydroxyl groups is 2. The van der Waals surface area contributed by atoms with Crippen molar-refractivity contribution in [2.75, 3.05) is 0 Å². The Morgan fingerprint density at radius 2 is 1.70 bits per heavy atom. The fraction of sp³-hybridized carbons (Fsp3) is 0.312. The van der Waals surface area contributed by atoms with Gasteiger partial charge in [-0.1, -0.05) is 12.2 Å². The minimum absolute atomic E-state index is 0.106. The number of imide groups is 1. The largest absolute Gasteiger partial charge is 0.507 e. The molecule has 2 N–H and O–H groups in total. The van der Waals surface area contributed by atoms with Crippen LogP contribution in [0.5, 0.6) is 11.5 Å². The number of hydrogen-bond donors (Lipinski definition) is 2. The summed E-state index contributed by atoms with van der Waals surface area (Å²) in [6.07, 6.45) is 6.17. The van der Waals surface area contributed by atoms with Gasteiger partial charge in [-0.05, 0) is 40.3 Å². The number of nitrogens with zero attached hydrogens (tertiary/aromatic N) is 2. The van der Waals surface area contributed by atoms with Gasteiger partial charge < -0.3 is 10.2 Å². The van der Waals surface area contributed by atoms with Crippen LogP contribution >= 0.6 is 15.9 Å². The summed E-state index contributed by atoms with van der Waals surface area (Å²) in [4.78, 5) is 24.9. The fourth-order valence-corrected chi connectivity index (χ4v) is 4.15. The summed E-state index contributed by atoms with van der Waals surface area (Å²) >= 11 is 3.14. The normalized spacial score (nSPS) is 31.6. The Balaban J connectivity index is 1.62. The Labute approximate surface area is 140 Å². The van der Waals surface area contributed by atoms with E-state index >= 15 is 0 Å². The molecular weight excluding hydrogens is 364 g/mol. The SMILES string of the molecule is O=C1[C@@H]2[C@H](C(=O)N1/N=C\c1cc(Br)c(O)cc1O)[C@H]1C=C[C@H]2C1. The minimum Gasteiger partial charge on any atom is -0.507 e. The molecule has 23 heavy (non-hydrogen) atoms. The maximum Gasteiger partial charge on any atom is 0.254 e. The van der Waals surface area contributed by atoms with Gasteiger partial charge in [0.25, 0.3) is 11.8 Å². The third-order valence-corrected chi connectivity index (χ3v) is 5.49. The second-order valence-corrected chi connectivity index (χ2v) is 6.95. The van der Waals surface area contributed by atoms with Crippen molar-refractivity contribution in [1.82, 2.24) is 5.01 Å². The van der Waals surface area contributed by atoms with Gasteiger partial charge in [0.2, 0.25) is 0 Å². The summed E-state index contributed by atoms with van der Waals surface area (Å²) < 4.78 is 0.384. The van der Waals surface area contributed by atoms with Crippen molar-refractivity contribution in [2.45, 2.75) is 6.42 Å². The van der Waals surface area contributed by atoms with Gasteiger partial charge in [0.1, 0.15) is 11.5 Å². The molecule has 1 saturated carbocycles. The zero-order chi connectivity index (χ0) is 16.3. The maximum atomic E-state index is 12.5.